The third-order valence-electron chi connectivity index (χ3n) is 3.78. The van der Waals surface area contributed by atoms with Crippen LogP contribution < -0.4 is 15.7 Å². The van der Waals surface area contributed by atoms with Crippen molar-refractivity contribution in [2.45, 2.75) is 0 Å². The van der Waals surface area contributed by atoms with E-state index in [0.29, 0.717) is 11.1 Å². The number of halogens is 1. The first-order valence-corrected chi connectivity index (χ1v) is 8.37. The number of nitriles is 1. The van der Waals surface area contributed by atoms with Gasteiger partial charge in [-0.2, -0.15) is 10.4 Å². The summed E-state index contributed by atoms with van der Waals surface area (Å²) in [5.74, 6) is 0.0815. The second-order valence-corrected chi connectivity index (χ2v) is 5.88. The predicted molar refractivity (Wildman–Crippen MR) is 106 cm³/mol. The number of hydrazone groups is 1. The number of methoxy groups -OCH3 is 1. The molecule has 0 spiro atoms. The van der Waals surface area contributed by atoms with Crippen LogP contribution in [-0.2, 0) is 0 Å². The van der Waals surface area contributed by atoms with Gasteiger partial charge in [0, 0.05) is 11.1 Å². The minimum absolute atomic E-state index is 0.0490. The maximum Gasteiger partial charge on any atom is 0.270 e. The molecule has 0 aliphatic rings. The number of hydrogen-bond donors (Lipinski definition) is 3. The minimum Gasteiger partial charge on any atom is -0.503 e. The fraction of sp³-hybridized carbons (Fsp3) is 0.0526. The summed E-state index contributed by atoms with van der Waals surface area (Å²) in [6, 6.07) is 13.9. The van der Waals surface area contributed by atoms with E-state index in [1.54, 1.807) is 30.3 Å². The topological polar surface area (TPSA) is 123 Å². The number of ether oxygens (including phenoxy) is 1. The van der Waals surface area contributed by atoms with Gasteiger partial charge < -0.3 is 9.84 Å². The fourth-order valence-corrected chi connectivity index (χ4v) is 2.63. The molecule has 0 saturated carbocycles. The van der Waals surface area contributed by atoms with Gasteiger partial charge in [-0.1, -0.05) is 41.9 Å². The minimum atomic E-state index is -0.589. The molecule has 3 N–H and O–H groups in total. The number of rotatable bonds is 5. The molecule has 0 amide bonds. The Hall–Kier alpha value is -3.83. The first-order chi connectivity index (χ1) is 13.5. The number of aromatic hydroxyl groups is 1. The van der Waals surface area contributed by atoms with E-state index >= 15 is 0 Å². The molecule has 1 aromatic heterocycles. The molecule has 140 valence electrons. The summed E-state index contributed by atoms with van der Waals surface area (Å²) < 4.78 is 4.97. The monoisotopic (exact) mass is 395 g/mol. The molecule has 2 aromatic carbocycles. The van der Waals surface area contributed by atoms with Crippen molar-refractivity contribution < 1.29 is 9.84 Å². The van der Waals surface area contributed by atoms with Gasteiger partial charge in [-0.3, -0.25) is 9.78 Å². The number of hydrogen-bond acceptors (Lipinski definition) is 7. The quantitative estimate of drug-likeness (QED) is 0.450. The van der Waals surface area contributed by atoms with Gasteiger partial charge in [0.1, 0.15) is 11.6 Å². The number of phenols is 1. The molecule has 0 bridgehead atoms. The van der Waals surface area contributed by atoms with E-state index < -0.39 is 5.56 Å². The molecule has 0 atom stereocenters. The van der Waals surface area contributed by atoms with Crippen LogP contribution in [0.15, 0.2) is 52.4 Å². The number of H-pyrrole nitrogens is 1. The van der Waals surface area contributed by atoms with Crippen molar-refractivity contribution in [3.8, 4) is 28.8 Å². The number of phenolic OH excluding ortho intramolecular Hbond substituents is 1. The smallest absolute Gasteiger partial charge is 0.270 e. The summed E-state index contributed by atoms with van der Waals surface area (Å²) >= 11 is 6.07. The van der Waals surface area contributed by atoms with Crippen LogP contribution in [0.4, 0.5) is 5.95 Å². The average Bonchev–Trinajstić information content (AvgIpc) is 2.71. The molecule has 0 radical (unpaired) electrons. The normalized spacial score (nSPS) is 10.6. The van der Waals surface area contributed by atoms with Crippen molar-refractivity contribution in [1.82, 2.24) is 9.97 Å². The van der Waals surface area contributed by atoms with Crippen LogP contribution in [0.2, 0.25) is 5.02 Å². The molecule has 0 fully saturated rings. The number of benzene rings is 2. The highest BCUT2D eigenvalue weighted by Crippen LogP contribution is 2.35. The Morgan fingerprint density at radius 1 is 1.32 bits per heavy atom. The summed E-state index contributed by atoms with van der Waals surface area (Å²) in [5.41, 5.74) is 3.20. The van der Waals surface area contributed by atoms with Gasteiger partial charge in [-0.15, -0.1) is 0 Å². The van der Waals surface area contributed by atoms with Crippen molar-refractivity contribution in [1.29, 1.82) is 5.26 Å². The average molecular weight is 396 g/mol. The van der Waals surface area contributed by atoms with Crippen molar-refractivity contribution in [2.24, 2.45) is 5.10 Å². The Kier molecular flexibility index (Phi) is 5.58. The van der Waals surface area contributed by atoms with Crippen LogP contribution in [0, 0.1) is 11.3 Å². The third kappa shape index (κ3) is 3.79. The Morgan fingerprint density at radius 3 is 2.75 bits per heavy atom. The molecule has 0 saturated heterocycles. The van der Waals surface area contributed by atoms with Crippen LogP contribution in [0.1, 0.15) is 11.1 Å². The molecule has 9 heteroatoms. The molecule has 1 heterocycles. The lowest BCUT2D eigenvalue weighted by atomic mass is 10.1. The highest BCUT2D eigenvalue weighted by Gasteiger charge is 2.13. The zero-order chi connectivity index (χ0) is 20.1. The van der Waals surface area contributed by atoms with Gasteiger partial charge >= 0.3 is 0 Å². The van der Waals surface area contributed by atoms with Crippen LogP contribution in [0.5, 0.6) is 11.5 Å². The highest BCUT2D eigenvalue weighted by atomic mass is 35.5. The third-order valence-corrected chi connectivity index (χ3v) is 4.18. The van der Waals surface area contributed by atoms with Gasteiger partial charge in [0.05, 0.1) is 24.0 Å². The van der Waals surface area contributed by atoms with Crippen molar-refractivity contribution in [2.75, 3.05) is 12.5 Å². The number of anilines is 1. The van der Waals surface area contributed by atoms with Crippen LogP contribution in [0.25, 0.3) is 11.3 Å². The van der Waals surface area contributed by atoms with Crippen LogP contribution in [0.3, 0.4) is 0 Å². The zero-order valence-electron chi connectivity index (χ0n) is 14.6. The summed E-state index contributed by atoms with van der Waals surface area (Å²) in [7, 11) is 1.41. The lowest BCUT2D eigenvalue weighted by molar-refractivity contribution is 0.373. The first-order valence-electron chi connectivity index (χ1n) is 7.99. The van der Waals surface area contributed by atoms with Gasteiger partial charge in [0.2, 0.25) is 5.95 Å². The Labute approximate surface area is 164 Å². The molecular weight excluding hydrogens is 382 g/mol. The lowest BCUT2D eigenvalue weighted by Gasteiger charge is -2.07. The van der Waals surface area contributed by atoms with Gasteiger partial charge in [-0.25, -0.2) is 10.4 Å². The molecule has 8 nitrogen and oxygen atoms in total. The molecule has 0 unspecified atom stereocenters. The summed E-state index contributed by atoms with van der Waals surface area (Å²) in [5, 5.41) is 23.2. The van der Waals surface area contributed by atoms with Crippen molar-refractivity contribution in [3.63, 3.8) is 0 Å². The molecule has 0 aliphatic heterocycles. The standard InChI is InChI=1S/C19H14ClN5O3/c1-28-14-8-7-12(15(20)17(14)26)10-22-25-19-23-16(11-5-3-2-4-6-11)13(9-21)18(27)24-19/h2-8,10,26H,1H3,(H2,23,24,25,27). The predicted octanol–water partition coefficient (Wildman–Crippen LogP) is 3.12. The van der Waals surface area contributed by atoms with Gasteiger partial charge in [0.15, 0.2) is 11.5 Å². The lowest BCUT2D eigenvalue weighted by Crippen LogP contribution is -2.16. The molecule has 28 heavy (non-hydrogen) atoms. The Morgan fingerprint density at radius 2 is 2.07 bits per heavy atom. The van der Waals surface area contributed by atoms with E-state index in [1.807, 2.05) is 12.1 Å². The fourth-order valence-electron chi connectivity index (χ4n) is 2.42. The number of aromatic amines is 1. The van der Waals surface area contributed by atoms with Gasteiger partial charge in [0.25, 0.3) is 5.56 Å². The first kappa shape index (κ1) is 18.9. The van der Waals surface area contributed by atoms with E-state index in [0.717, 1.165) is 0 Å². The van der Waals surface area contributed by atoms with Crippen LogP contribution >= 0.6 is 11.6 Å². The second-order valence-electron chi connectivity index (χ2n) is 5.51. The number of aromatic nitrogens is 2. The maximum atomic E-state index is 12.2. The largest absolute Gasteiger partial charge is 0.503 e. The maximum absolute atomic E-state index is 12.2. The van der Waals surface area contributed by atoms with Crippen LogP contribution in [-0.4, -0.2) is 28.4 Å². The Balaban J connectivity index is 1.91. The van der Waals surface area contributed by atoms with Crippen molar-refractivity contribution >= 4 is 23.8 Å². The van der Waals surface area contributed by atoms with Gasteiger partial charge in [-0.05, 0) is 12.1 Å². The second kappa shape index (κ2) is 8.24. The molecule has 0 aliphatic carbocycles. The van der Waals surface area contributed by atoms with E-state index in [4.69, 9.17) is 16.3 Å². The highest BCUT2D eigenvalue weighted by molar-refractivity contribution is 6.34. The number of nitrogens with zero attached hydrogens (tertiary/aromatic N) is 3. The van der Waals surface area contributed by atoms with E-state index in [-0.39, 0.29) is 33.7 Å². The van der Waals surface area contributed by atoms with E-state index in [2.05, 4.69) is 20.5 Å². The molecule has 3 aromatic rings. The summed E-state index contributed by atoms with van der Waals surface area (Å²) in [6.07, 6.45) is 1.35. The molecular formula is C19H14ClN5O3. The SMILES string of the molecule is COc1ccc(C=NNc2nc(-c3ccccc3)c(C#N)c(=O)[nH]2)c(Cl)c1O. The van der Waals surface area contributed by atoms with Crippen molar-refractivity contribution in [3.05, 3.63) is 69.0 Å². The Bertz CT molecular complexity index is 1140. The summed E-state index contributed by atoms with van der Waals surface area (Å²) in [6.45, 7) is 0. The zero-order valence-corrected chi connectivity index (χ0v) is 15.4. The number of nitrogens with one attached hydrogen (secondary N) is 2. The van der Waals surface area contributed by atoms with E-state index in [9.17, 15) is 15.2 Å². The molecule has 3 rings (SSSR count). The van der Waals surface area contributed by atoms with E-state index in [1.165, 1.54) is 19.4 Å². The summed E-state index contributed by atoms with van der Waals surface area (Å²) in [4.78, 5) is 18.9.